The van der Waals surface area contributed by atoms with Gasteiger partial charge in [0.05, 0.1) is 11.7 Å². The summed E-state index contributed by atoms with van der Waals surface area (Å²) >= 11 is 1.91. The van der Waals surface area contributed by atoms with Crippen molar-refractivity contribution >= 4 is 11.8 Å². The molecule has 20 heavy (non-hydrogen) atoms. The van der Waals surface area contributed by atoms with E-state index >= 15 is 0 Å². The van der Waals surface area contributed by atoms with E-state index in [4.69, 9.17) is 4.74 Å². The molecule has 1 aliphatic heterocycles. The summed E-state index contributed by atoms with van der Waals surface area (Å²) in [5.41, 5.74) is 1.43. The van der Waals surface area contributed by atoms with Gasteiger partial charge in [-0.1, -0.05) is 26.0 Å². The van der Waals surface area contributed by atoms with Gasteiger partial charge in [-0.25, -0.2) is 0 Å². The summed E-state index contributed by atoms with van der Waals surface area (Å²) < 4.78 is 6.03. The fraction of sp³-hybridized carbons (Fsp3) is 0.647. The van der Waals surface area contributed by atoms with Crippen LogP contribution in [-0.4, -0.2) is 23.5 Å². The zero-order chi connectivity index (χ0) is 14.6. The summed E-state index contributed by atoms with van der Waals surface area (Å²) in [6, 6.07) is 9.42. The number of ether oxygens (including phenoxy) is 1. The van der Waals surface area contributed by atoms with Crippen molar-refractivity contribution in [1.29, 1.82) is 0 Å². The minimum absolute atomic E-state index is 0.0810. The van der Waals surface area contributed by atoms with Crippen LogP contribution in [0, 0.1) is 0 Å². The second kappa shape index (κ2) is 6.97. The number of nitrogens with one attached hydrogen (secondary N) is 1. The van der Waals surface area contributed by atoms with Crippen LogP contribution in [-0.2, 0) is 11.3 Å². The van der Waals surface area contributed by atoms with Crippen LogP contribution in [0.15, 0.2) is 29.2 Å². The van der Waals surface area contributed by atoms with Crippen molar-refractivity contribution in [2.45, 2.75) is 69.7 Å². The van der Waals surface area contributed by atoms with Crippen LogP contribution < -0.4 is 5.32 Å². The fourth-order valence-corrected chi connectivity index (χ4v) is 3.35. The molecule has 112 valence electrons. The summed E-state index contributed by atoms with van der Waals surface area (Å²) in [7, 11) is 0. The van der Waals surface area contributed by atoms with E-state index in [9.17, 15) is 0 Å². The Bertz CT molecular complexity index is 414. The molecule has 1 atom stereocenters. The molecule has 1 heterocycles. The van der Waals surface area contributed by atoms with Crippen LogP contribution in [0.2, 0.25) is 0 Å². The Morgan fingerprint density at radius 2 is 2.00 bits per heavy atom. The lowest BCUT2D eigenvalue weighted by Crippen LogP contribution is -2.21. The van der Waals surface area contributed by atoms with E-state index in [-0.39, 0.29) is 5.60 Å². The molecule has 0 radical (unpaired) electrons. The third kappa shape index (κ3) is 5.12. The van der Waals surface area contributed by atoms with Crippen LogP contribution in [0.5, 0.6) is 0 Å². The van der Waals surface area contributed by atoms with Crippen LogP contribution in [0.4, 0.5) is 0 Å². The second-order valence-electron chi connectivity index (χ2n) is 6.53. The van der Waals surface area contributed by atoms with Crippen molar-refractivity contribution in [3.05, 3.63) is 29.8 Å². The highest BCUT2D eigenvalue weighted by Gasteiger charge is 2.31. The van der Waals surface area contributed by atoms with E-state index in [0.717, 1.165) is 12.3 Å². The molecule has 0 saturated carbocycles. The lowest BCUT2D eigenvalue weighted by Gasteiger charge is -2.19. The zero-order valence-corrected chi connectivity index (χ0v) is 13.9. The van der Waals surface area contributed by atoms with E-state index in [1.54, 1.807) is 0 Å². The predicted octanol–water partition coefficient (Wildman–Crippen LogP) is 4.23. The van der Waals surface area contributed by atoms with Gasteiger partial charge in [-0.15, -0.1) is 11.8 Å². The van der Waals surface area contributed by atoms with Gasteiger partial charge in [-0.05, 0) is 44.4 Å². The van der Waals surface area contributed by atoms with Gasteiger partial charge in [-0.2, -0.15) is 0 Å². The minimum Gasteiger partial charge on any atom is -0.371 e. The Hall–Kier alpha value is -0.510. The smallest absolute Gasteiger partial charge is 0.0677 e. The van der Waals surface area contributed by atoms with Crippen molar-refractivity contribution in [1.82, 2.24) is 5.32 Å². The highest BCUT2D eigenvalue weighted by atomic mass is 32.2. The minimum atomic E-state index is 0.0810. The maximum atomic E-state index is 6.03. The molecule has 1 saturated heterocycles. The first-order valence-electron chi connectivity index (χ1n) is 7.57. The highest BCUT2D eigenvalue weighted by molar-refractivity contribution is 7.99. The Labute approximate surface area is 127 Å². The van der Waals surface area contributed by atoms with Crippen molar-refractivity contribution in [2.24, 2.45) is 0 Å². The molecule has 0 spiro atoms. The first-order valence-corrected chi connectivity index (χ1v) is 8.56. The van der Waals surface area contributed by atoms with Gasteiger partial charge in [0.1, 0.15) is 0 Å². The van der Waals surface area contributed by atoms with Crippen LogP contribution in [0.1, 0.15) is 46.1 Å². The van der Waals surface area contributed by atoms with E-state index in [2.05, 4.69) is 57.3 Å². The molecule has 1 fully saturated rings. The normalized spacial score (nSPS) is 21.6. The molecule has 0 aromatic heterocycles. The van der Waals surface area contributed by atoms with Crippen LogP contribution in [0.25, 0.3) is 0 Å². The molecule has 2 rings (SSSR count). The quantitative estimate of drug-likeness (QED) is 0.793. The van der Waals surface area contributed by atoms with Gasteiger partial charge in [0, 0.05) is 23.2 Å². The Balaban J connectivity index is 1.76. The lowest BCUT2D eigenvalue weighted by molar-refractivity contribution is -0.00466. The Kier molecular flexibility index (Phi) is 5.53. The Morgan fingerprint density at radius 1 is 1.30 bits per heavy atom. The van der Waals surface area contributed by atoms with Crippen molar-refractivity contribution < 1.29 is 4.74 Å². The fourth-order valence-electron chi connectivity index (χ4n) is 2.41. The van der Waals surface area contributed by atoms with Gasteiger partial charge >= 0.3 is 0 Å². The maximum absolute atomic E-state index is 6.03. The molecule has 0 bridgehead atoms. The van der Waals surface area contributed by atoms with E-state index in [1.807, 2.05) is 11.8 Å². The molecule has 1 unspecified atom stereocenters. The van der Waals surface area contributed by atoms with Gasteiger partial charge in [0.15, 0.2) is 0 Å². The molecule has 1 aromatic carbocycles. The van der Waals surface area contributed by atoms with E-state index in [1.165, 1.54) is 23.3 Å². The third-order valence-electron chi connectivity index (χ3n) is 3.63. The Morgan fingerprint density at radius 3 is 2.55 bits per heavy atom. The van der Waals surface area contributed by atoms with Gasteiger partial charge in [0.25, 0.3) is 0 Å². The van der Waals surface area contributed by atoms with Crippen molar-refractivity contribution in [2.75, 3.05) is 5.75 Å². The number of benzene rings is 1. The lowest BCUT2D eigenvalue weighted by atomic mass is 10.1. The molecule has 3 heteroatoms. The molecule has 2 nitrogen and oxygen atoms in total. The maximum Gasteiger partial charge on any atom is 0.0677 e. The number of thioether (sulfide) groups is 1. The van der Waals surface area contributed by atoms with Crippen molar-refractivity contribution in [3.8, 4) is 0 Å². The second-order valence-corrected chi connectivity index (χ2v) is 7.62. The van der Waals surface area contributed by atoms with Gasteiger partial charge in [-0.3, -0.25) is 0 Å². The van der Waals surface area contributed by atoms with Gasteiger partial charge in [0.2, 0.25) is 0 Å². The molecule has 1 aromatic rings. The first-order chi connectivity index (χ1) is 9.44. The number of rotatable bonds is 6. The van der Waals surface area contributed by atoms with Crippen molar-refractivity contribution in [3.63, 3.8) is 0 Å². The molecule has 1 N–H and O–H groups in total. The highest BCUT2D eigenvalue weighted by Crippen LogP contribution is 2.32. The predicted molar refractivity (Wildman–Crippen MR) is 87.3 cm³/mol. The summed E-state index contributed by atoms with van der Waals surface area (Å²) in [6.07, 6.45) is 2.78. The molecular formula is C17H27NOS. The largest absolute Gasteiger partial charge is 0.371 e. The molecule has 0 amide bonds. The monoisotopic (exact) mass is 293 g/mol. The van der Waals surface area contributed by atoms with E-state index < -0.39 is 0 Å². The molecular weight excluding hydrogens is 266 g/mol. The average molecular weight is 293 g/mol. The summed E-state index contributed by atoms with van der Waals surface area (Å²) in [5.74, 6) is 1.06. The van der Waals surface area contributed by atoms with Crippen LogP contribution in [0.3, 0.4) is 0 Å². The zero-order valence-electron chi connectivity index (χ0n) is 13.1. The number of hydrogen-bond donors (Lipinski definition) is 1. The first kappa shape index (κ1) is 15.9. The topological polar surface area (TPSA) is 21.3 Å². The van der Waals surface area contributed by atoms with Gasteiger partial charge < -0.3 is 10.1 Å². The van der Waals surface area contributed by atoms with Crippen LogP contribution >= 0.6 is 11.8 Å². The summed E-state index contributed by atoms with van der Waals surface area (Å²) in [5, 5.41) is 3.44. The average Bonchev–Trinajstić information content (AvgIpc) is 2.75. The van der Waals surface area contributed by atoms with E-state index in [0.29, 0.717) is 12.1 Å². The molecule has 0 aliphatic carbocycles. The standard InChI is InChI=1S/C17H27NOS/c1-13(2)18-11-14-5-7-16(8-6-14)20-12-15-9-10-17(3,4)19-15/h5-8,13,15,18H,9-12H2,1-4H3. The summed E-state index contributed by atoms with van der Waals surface area (Å²) in [6.45, 7) is 9.67. The summed E-state index contributed by atoms with van der Waals surface area (Å²) in [4.78, 5) is 1.34. The molecule has 1 aliphatic rings. The SMILES string of the molecule is CC(C)NCc1ccc(SCC2CCC(C)(C)O2)cc1. The number of hydrogen-bond acceptors (Lipinski definition) is 3. The third-order valence-corrected chi connectivity index (χ3v) is 4.77.